The molecule has 0 spiro atoms. The summed E-state index contributed by atoms with van der Waals surface area (Å²) in [5, 5.41) is 0. The fraction of sp³-hybridized carbons (Fsp3) is 0.700. The predicted molar refractivity (Wildman–Crippen MR) is 79.7 cm³/mol. The molecule has 0 saturated carbocycles. The average molecular weight is 309 g/mol. The number of ether oxygens (including phenoxy) is 1. The third-order valence-corrected chi connectivity index (χ3v) is 10.0. The van der Waals surface area contributed by atoms with Gasteiger partial charge >= 0.3 is 5.97 Å². The third kappa shape index (κ3) is 6.61. The van der Waals surface area contributed by atoms with Crippen LogP contribution >= 0.6 is 0 Å². The Bertz CT molecular complexity index is 255. The number of hydrogen-bond donors (Lipinski definition) is 0. The first-order chi connectivity index (χ1) is 8.51. The lowest BCUT2D eigenvalue weighted by Gasteiger charge is -2.29. The van der Waals surface area contributed by atoms with Crippen LogP contribution in [0.4, 0.5) is 0 Å². The van der Waals surface area contributed by atoms with Gasteiger partial charge < -0.3 is 18.0 Å². The molecule has 0 amide bonds. The summed E-state index contributed by atoms with van der Waals surface area (Å²) < 4.78 is 21.5. The molecule has 0 aliphatic carbocycles. The van der Waals surface area contributed by atoms with E-state index in [1.807, 2.05) is 0 Å². The molecule has 0 N–H and O–H groups in total. The van der Waals surface area contributed by atoms with Crippen molar-refractivity contribution in [1.82, 2.24) is 0 Å². The molecule has 0 atom stereocenters. The minimum Gasteiger partial charge on any atom is -0.462 e. The molecule has 0 radical (unpaired) electrons. The summed E-state index contributed by atoms with van der Waals surface area (Å²) in [7, 11) is 3.10. The third-order valence-electron chi connectivity index (χ3n) is 2.57. The molecule has 0 aliphatic rings. The van der Waals surface area contributed by atoms with E-state index in [0.29, 0.717) is 12.2 Å². The van der Waals surface area contributed by atoms with Crippen LogP contribution in [0.5, 0.6) is 0 Å². The van der Waals surface area contributed by atoms with Crippen molar-refractivity contribution in [3.63, 3.8) is 0 Å². The average Bonchev–Trinajstić information content (AvgIpc) is 2.29. The molecule has 0 rings (SSSR count). The van der Waals surface area contributed by atoms with Gasteiger partial charge in [0.05, 0.1) is 6.61 Å². The Balaban J connectivity index is 4.37. The van der Waals surface area contributed by atoms with E-state index in [1.54, 1.807) is 28.3 Å². The second-order valence-electron chi connectivity index (χ2n) is 4.47. The number of carbonyl (C=O) groups is 1. The van der Waals surface area contributed by atoms with Gasteiger partial charge in [0.15, 0.2) is 29.3 Å². The molecule has 18 heavy (non-hydrogen) atoms. The summed E-state index contributed by atoms with van der Waals surface area (Å²) in [6.45, 7) is 5.60. The van der Waals surface area contributed by atoms with Crippen LogP contribution in [0.1, 0.15) is 13.3 Å². The van der Waals surface area contributed by atoms with E-state index in [9.17, 15) is 4.79 Å². The number of rotatable bonds is 10. The summed E-state index contributed by atoms with van der Waals surface area (Å²) >= 11 is 0. The Kier molecular flexibility index (Phi) is 9.50. The minimum absolute atomic E-state index is 0.119. The van der Waals surface area contributed by atoms with Gasteiger partial charge in [-0.3, -0.25) is 0 Å². The van der Waals surface area contributed by atoms with Gasteiger partial charge in [0, 0.05) is 31.2 Å². The monoisotopic (exact) mass is 308 g/mol. The zero-order valence-electron chi connectivity index (χ0n) is 11.8. The van der Waals surface area contributed by atoms with Crippen molar-refractivity contribution in [2.24, 2.45) is 0 Å². The van der Waals surface area contributed by atoms with Crippen LogP contribution < -0.4 is 0 Å². The molecular weight excluding hydrogens is 284 g/mol. The van der Waals surface area contributed by atoms with Gasteiger partial charge in [-0.15, -0.1) is 0 Å². The van der Waals surface area contributed by atoms with Crippen LogP contribution in [0.3, 0.4) is 0 Å². The number of esters is 1. The van der Waals surface area contributed by atoms with E-state index < -0.39 is 29.3 Å². The molecule has 0 aliphatic heterocycles. The minimum atomic E-state index is -0.698. The largest absolute Gasteiger partial charge is 0.462 e. The fourth-order valence-electron chi connectivity index (χ4n) is 1.74. The second-order valence-corrected chi connectivity index (χ2v) is 14.6. The molecule has 0 aromatic carbocycles. The standard InChI is InChI=1S/C10H24O5Si3/c1-8(2)9(11)15-7-6-10(16-12-3,17-13-4)18-14-5/h1,6-7,16-18H2,2-5H3. The first-order valence-corrected chi connectivity index (χ1v) is 9.66. The van der Waals surface area contributed by atoms with Crippen molar-refractivity contribution in [3.8, 4) is 0 Å². The van der Waals surface area contributed by atoms with Crippen molar-refractivity contribution < 1.29 is 22.8 Å². The summed E-state index contributed by atoms with van der Waals surface area (Å²) in [5.74, 6) is -0.332. The Morgan fingerprint density at radius 3 is 1.89 bits per heavy atom. The zero-order valence-corrected chi connectivity index (χ0v) is 16.0. The molecule has 0 bridgehead atoms. The first kappa shape index (κ1) is 17.7. The second kappa shape index (κ2) is 9.64. The molecule has 0 heterocycles. The van der Waals surface area contributed by atoms with Crippen LogP contribution in [-0.4, -0.2) is 63.2 Å². The highest BCUT2D eigenvalue weighted by Crippen LogP contribution is 2.27. The summed E-state index contributed by atoms with van der Waals surface area (Å²) in [4.78, 5) is 11.3. The molecular formula is C10H24O5Si3. The number of carbonyl (C=O) groups excluding carboxylic acids is 1. The van der Waals surface area contributed by atoms with Crippen LogP contribution in [-0.2, 0) is 22.8 Å². The molecule has 8 heteroatoms. The van der Waals surface area contributed by atoms with E-state index in [-0.39, 0.29) is 10.3 Å². The van der Waals surface area contributed by atoms with E-state index in [0.717, 1.165) is 6.42 Å². The van der Waals surface area contributed by atoms with E-state index in [1.165, 1.54) is 0 Å². The Morgan fingerprint density at radius 1 is 1.11 bits per heavy atom. The van der Waals surface area contributed by atoms with Crippen LogP contribution in [0.2, 0.25) is 4.28 Å². The quantitative estimate of drug-likeness (QED) is 0.287. The molecule has 0 fully saturated rings. The van der Waals surface area contributed by atoms with Crippen molar-refractivity contribution >= 4 is 35.3 Å². The molecule has 5 nitrogen and oxygen atoms in total. The fourth-order valence-corrected chi connectivity index (χ4v) is 9.12. The highest BCUT2D eigenvalue weighted by molar-refractivity contribution is 6.74. The van der Waals surface area contributed by atoms with E-state index >= 15 is 0 Å². The van der Waals surface area contributed by atoms with Gasteiger partial charge in [-0.2, -0.15) is 0 Å². The van der Waals surface area contributed by atoms with Gasteiger partial charge in [0.1, 0.15) is 0 Å². The zero-order chi connectivity index (χ0) is 14.0. The van der Waals surface area contributed by atoms with Gasteiger partial charge in [-0.25, -0.2) is 4.79 Å². The molecule has 0 aromatic heterocycles. The lowest BCUT2D eigenvalue weighted by Crippen LogP contribution is -2.38. The maximum Gasteiger partial charge on any atom is 0.333 e. The van der Waals surface area contributed by atoms with Crippen LogP contribution in [0.15, 0.2) is 12.2 Å². The topological polar surface area (TPSA) is 54.0 Å². The van der Waals surface area contributed by atoms with Gasteiger partial charge in [-0.05, 0) is 13.3 Å². The van der Waals surface area contributed by atoms with Gasteiger partial charge in [0.25, 0.3) is 0 Å². The molecule has 0 aromatic rings. The Labute approximate surface area is 116 Å². The van der Waals surface area contributed by atoms with E-state index in [4.69, 9.17) is 18.0 Å². The van der Waals surface area contributed by atoms with E-state index in [2.05, 4.69) is 6.58 Å². The van der Waals surface area contributed by atoms with Crippen molar-refractivity contribution in [2.75, 3.05) is 27.9 Å². The number of hydrogen-bond acceptors (Lipinski definition) is 5. The maximum atomic E-state index is 11.3. The SMILES string of the molecule is C=C(C)C(=O)OCCC([SiH2]OC)([SiH2]OC)[SiH2]OC. The van der Waals surface area contributed by atoms with Crippen molar-refractivity contribution in [3.05, 3.63) is 12.2 Å². The van der Waals surface area contributed by atoms with Crippen LogP contribution in [0.25, 0.3) is 0 Å². The highest BCUT2D eigenvalue weighted by atomic mass is 28.4. The molecule has 106 valence electrons. The first-order valence-electron chi connectivity index (χ1n) is 5.81. The van der Waals surface area contributed by atoms with Gasteiger partial charge in [0.2, 0.25) is 0 Å². The Morgan fingerprint density at radius 2 is 1.56 bits per heavy atom. The van der Waals surface area contributed by atoms with Crippen LogP contribution in [0, 0.1) is 0 Å². The van der Waals surface area contributed by atoms with Crippen molar-refractivity contribution in [2.45, 2.75) is 17.6 Å². The lowest BCUT2D eigenvalue weighted by molar-refractivity contribution is -0.139. The lowest BCUT2D eigenvalue weighted by atomic mass is 10.4. The summed E-state index contributed by atoms with van der Waals surface area (Å²) in [6, 6.07) is 0. The normalized spacial score (nSPS) is 16.0. The van der Waals surface area contributed by atoms with Gasteiger partial charge in [-0.1, -0.05) is 6.58 Å². The predicted octanol–water partition coefficient (Wildman–Crippen LogP) is -1.24. The molecule has 0 unspecified atom stereocenters. The highest BCUT2D eigenvalue weighted by Gasteiger charge is 2.33. The maximum absolute atomic E-state index is 11.3. The summed E-state index contributed by atoms with van der Waals surface area (Å²) in [5.41, 5.74) is 0.428. The Hall–Kier alpha value is -0.259. The van der Waals surface area contributed by atoms with Crippen molar-refractivity contribution in [1.29, 1.82) is 0 Å². The smallest absolute Gasteiger partial charge is 0.333 e. The summed E-state index contributed by atoms with van der Waals surface area (Å²) in [6.07, 6.45) is 0.798. The molecule has 0 saturated heterocycles.